The van der Waals surface area contributed by atoms with Gasteiger partial charge in [-0.3, -0.25) is 0 Å². The van der Waals surface area contributed by atoms with Crippen molar-refractivity contribution in [3.8, 4) is 0 Å². The van der Waals surface area contributed by atoms with Crippen LogP contribution in [0.25, 0.3) is 0 Å². The first-order valence-electron chi connectivity index (χ1n) is 7.58. The first-order valence-corrected chi connectivity index (χ1v) is 7.58. The molecule has 2 nitrogen and oxygen atoms in total. The Bertz CT molecular complexity index is 136. The number of unbranched alkanes of at least 4 members (excludes halogenated alkanes) is 4. The van der Waals surface area contributed by atoms with Gasteiger partial charge in [0.15, 0.2) is 0 Å². The lowest BCUT2D eigenvalue weighted by Crippen LogP contribution is -2.34. The zero-order valence-corrected chi connectivity index (χ0v) is 12.6. The minimum Gasteiger partial charge on any atom is -0.313 e. The Kier molecular flexibility index (Phi) is 12.3. The predicted octanol–water partition coefficient (Wildman–Crippen LogP) is 3.67. The van der Waals surface area contributed by atoms with E-state index in [1.807, 2.05) is 0 Å². The quantitative estimate of drug-likeness (QED) is 0.525. The number of rotatable bonds is 12. The second-order valence-electron chi connectivity index (χ2n) is 5.45. The van der Waals surface area contributed by atoms with Crippen LogP contribution in [0.5, 0.6) is 0 Å². The molecule has 0 aromatic carbocycles. The van der Waals surface area contributed by atoms with E-state index in [0.717, 1.165) is 19.1 Å². The number of hydrogen-bond donors (Lipinski definition) is 1. The maximum Gasteiger partial charge on any atom is 0.0101 e. The molecule has 1 N–H and O–H groups in total. The average molecular weight is 242 g/mol. The summed E-state index contributed by atoms with van der Waals surface area (Å²) in [6, 6.07) is 0.757. The fourth-order valence-electron chi connectivity index (χ4n) is 2.12. The van der Waals surface area contributed by atoms with Gasteiger partial charge in [-0.25, -0.2) is 0 Å². The summed E-state index contributed by atoms with van der Waals surface area (Å²) in [6.07, 6.45) is 11.0. The topological polar surface area (TPSA) is 15.3 Å². The highest BCUT2D eigenvalue weighted by Crippen LogP contribution is 2.10. The molecule has 0 amide bonds. The number of nitrogens with one attached hydrogen (secondary N) is 1. The van der Waals surface area contributed by atoms with Gasteiger partial charge in [-0.2, -0.15) is 0 Å². The predicted molar refractivity (Wildman–Crippen MR) is 78.6 cm³/mol. The summed E-state index contributed by atoms with van der Waals surface area (Å²) < 4.78 is 0. The lowest BCUT2D eigenvalue weighted by Gasteiger charge is -2.20. The Balaban J connectivity index is 3.67. The Morgan fingerprint density at radius 1 is 0.882 bits per heavy atom. The smallest absolute Gasteiger partial charge is 0.0101 e. The van der Waals surface area contributed by atoms with Crippen molar-refractivity contribution in [1.29, 1.82) is 0 Å². The molecule has 0 saturated carbocycles. The maximum atomic E-state index is 3.73. The van der Waals surface area contributed by atoms with Crippen LogP contribution in [0.4, 0.5) is 0 Å². The molecule has 0 aliphatic heterocycles. The van der Waals surface area contributed by atoms with Crippen molar-refractivity contribution in [2.45, 2.75) is 71.3 Å². The first kappa shape index (κ1) is 16.9. The standard InChI is InChI=1S/C15H34N2/c1-5-7-9-11-15(12-10-8-6-2)16-13-14-17(3)4/h15-16H,5-14H2,1-4H3. The molecule has 0 bridgehead atoms. The van der Waals surface area contributed by atoms with Crippen LogP contribution in [0.15, 0.2) is 0 Å². The van der Waals surface area contributed by atoms with Crippen LogP contribution in [0.3, 0.4) is 0 Å². The van der Waals surface area contributed by atoms with Gasteiger partial charge in [0, 0.05) is 19.1 Å². The Morgan fingerprint density at radius 3 is 1.82 bits per heavy atom. The normalized spacial score (nSPS) is 11.6. The van der Waals surface area contributed by atoms with Gasteiger partial charge in [0.25, 0.3) is 0 Å². The molecule has 0 saturated heterocycles. The SMILES string of the molecule is CCCCCC(CCCCC)NCCN(C)C. The molecule has 0 aromatic heterocycles. The number of nitrogens with zero attached hydrogens (tertiary/aromatic N) is 1. The van der Waals surface area contributed by atoms with Crippen LogP contribution in [0, 0.1) is 0 Å². The third-order valence-corrected chi connectivity index (χ3v) is 3.30. The first-order chi connectivity index (χ1) is 8.20. The van der Waals surface area contributed by atoms with Crippen molar-refractivity contribution in [3.63, 3.8) is 0 Å². The fraction of sp³-hybridized carbons (Fsp3) is 1.00. The van der Waals surface area contributed by atoms with Crippen LogP contribution >= 0.6 is 0 Å². The zero-order chi connectivity index (χ0) is 12.9. The number of hydrogen-bond acceptors (Lipinski definition) is 2. The third-order valence-electron chi connectivity index (χ3n) is 3.30. The molecule has 0 aliphatic rings. The summed E-state index contributed by atoms with van der Waals surface area (Å²) in [5, 5.41) is 3.73. The van der Waals surface area contributed by atoms with Crippen molar-refractivity contribution in [1.82, 2.24) is 10.2 Å². The molecule has 0 aromatic rings. The highest BCUT2D eigenvalue weighted by Gasteiger charge is 2.07. The van der Waals surface area contributed by atoms with E-state index in [1.165, 1.54) is 51.4 Å². The summed E-state index contributed by atoms with van der Waals surface area (Å²) in [5.74, 6) is 0. The van der Waals surface area contributed by atoms with Crippen LogP contribution in [0.2, 0.25) is 0 Å². The van der Waals surface area contributed by atoms with Crippen LogP contribution in [-0.4, -0.2) is 38.1 Å². The van der Waals surface area contributed by atoms with Crippen LogP contribution in [0.1, 0.15) is 65.2 Å². The molecular formula is C15H34N2. The van der Waals surface area contributed by atoms with Gasteiger partial charge < -0.3 is 10.2 Å². The molecule has 17 heavy (non-hydrogen) atoms. The molecule has 2 heteroatoms. The van der Waals surface area contributed by atoms with Crippen molar-refractivity contribution >= 4 is 0 Å². The van der Waals surface area contributed by atoms with Crippen molar-refractivity contribution in [3.05, 3.63) is 0 Å². The minimum atomic E-state index is 0.757. The van der Waals surface area contributed by atoms with Crippen LogP contribution < -0.4 is 5.32 Å². The monoisotopic (exact) mass is 242 g/mol. The lowest BCUT2D eigenvalue weighted by atomic mass is 10.0. The summed E-state index contributed by atoms with van der Waals surface area (Å²) in [6.45, 7) is 6.85. The molecular weight excluding hydrogens is 208 g/mol. The minimum absolute atomic E-state index is 0.757. The van der Waals surface area contributed by atoms with Gasteiger partial charge >= 0.3 is 0 Å². The largest absolute Gasteiger partial charge is 0.313 e. The highest BCUT2D eigenvalue weighted by molar-refractivity contribution is 4.67. The molecule has 0 heterocycles. The van der Waals surface area contributed by atoms with Crippen molar-refractivity contribution in [2.75, 3.05) is 27.2 Å². The van der Waals surface area contributed by atoms with E-state index < -0.39 is 0 Å². The molecule has 0 atom stereocenters. The molecule has 0 spiro atoms. The van der Waals surface area contributed by atoms with Gasteiger partial charge in [-0.1, -0.05) is 52.4 Å². The lowest BCUT2D eigenvalue weighted by molar-refractivity contribution is 0.360. The fourth-order valence-corrected chi connectivity index (χ4v) is 2.12. The second kappa shape index (κ2) is 12.4. The summed E-state index contributed by atoms with van der Waals surface area (Å²) in [5.41, 5.74) is 0. The molecule has 104 valence electrons. The molecule has 0 rings (SSSR count). The summed E-state index contributed by atoms with van der Waals surface area (Å²) in [7, 11) is 4.29. The Hall–Kier alpha value is -0.0800. The molecule has 0 unspecified atom stereocenters. The molecule has 0 fully saturated rings. The molecule has 0 aliphatic carbocycles. The van der Waals surface area contributed by atoms with E-state index in [-0.39, 0.29) is 0 Å². The van der Waals surface area contributed by atoms with E-state index in [2.05, 4.69) is 38.2 Å². The highest BCUT2D eigenvalue weighted by atomic mass is 15.1. The van der Waals surface area contributed by atoms with E-state index in [0.29, 0.717) is 0 Å². The van der Waals surface area contributed by atoms with E-state index in [4.69, 9.17) is 0 Å². The van der Waals surface area contributed by atoms with Gasteiger partial charge in [0.05, 0.1) is 0 Å². The number of likely N-dealkylation sites (N-methyl/N-ethyl adjacent to an activating group) is 1. The second-order valence-corrected chi connectivity index (χ2v) is 5.45. The van der Waals surface area contributed by atoms with Crippen molar-refractivity contribution < 1.29 is 0 Å². The van der Waals surface area contributed by atoms with Gasteiger partial charge in [-0.05, 0) is 26.9 Å². The summed E-state index contributed by atoms with van der Waals surface area (Å²) >= 11 is 0. The van der Waals surface area contributed by atoms with E-state index >= 15 is 0 Å². The Labute approximate surface area is 109 Å². The maximum absolute atomic E-state index is 3.73. The third kappa shape index (κ3) is 12.2. The van der Waals surface area contributed by atoms with E-state index in [9.17, 15) is 0 Å². The zero-order valence-electron chi connectivity index (χ0n) is 12.6. The van der Waals surface area contributed by atoms with Gasteiger partial charge in [0.1, 0.15) is 0 Å². The van der Waals surface area contributed by atoms with Crippen LogP contribution in [-0.2, 0) is 0 Å². The summed E-state index contributed by atoms with van der Waals surface area (Å²) in [4.78, 5) is 2.25. The Morgan fingerprint density at radius 2 is 1.41 bits per heavy atom. The van der Waals surface area contributed by atoms with Gasteiger partial charge in [0.2, 0.25) is 0 Å². The van der Waals surface area contributed by atoms with Gasteiger partial charge in [-0.15, -0.1) is 0 Å². The average Bonchev–Trinajstić information content (AvgIpc) is 2.28. The van der Waals surface area contributed by atoms with Crippen molar-refractivity contribution in [2.24, 2.45) is 0 Å². The molecule has 0 radical (unpaired) electrons. The van der Waals surface area contributed by atoms with E-state index in [1.54, 1.807) is 0 Å².